The molecule has 11 heteroatoms. The van der Waals surface area contributed by atoms with Gasteiger partial charge in [0.1, 0.15) is 11.6 Å². The maximum atomic E-state index is 15.0. The van der Waals surface area contributed by atoms with Crippen molar-refractivity contribution in [2.75, 3.05) is 18.0 Å². The van der Waals surface area contributed by atoms with E-state index in [-0.39, 0.29) is 51.8 Å². The molecule has 1 fully saturated rings. The standard InChI is InChI=1S/C32H35ClFN7O2/c1-8-26(42)39-15-20(7)40(16-19(39)6)30-22-13-24(33)28(21-11-9-10-12-25(21)34)36-31(22)41(32(43)37-30)29-23(17(2)3)14-35-38-27(29)18(4)5/h8-14,17-20H,1,15-16H2,2-7H3/t19-,20+/m1/s1. The van der Waals surface area contributed by atoms with Crippen LogP contribution < -0.4 is 10.6 Å². The Morgan fingerprint density at radius 2 is 1.81 bits per heavy atom. The van der Waals surface area contributed by atoms with E-state index in [9.17, 15) is 9.59 Å². The van der Waals surface area contributed by atoms with Crippen LogP contribution in [-0.2, 0) is 4.79 Å². The Labute approximate surface area is 255 Å². The Morgan fingerprint density at radius 1 is 1.09 bits per heavy atom. The van der Waals surface area contributed by atoms with Crippen LogP contribution in [0.4, 0.5) is 10.2 Å². The number of nitrogens with zero attached hydrogens (tertiary/aromatic N) is 7. The third-order valence-electron chi connectivity index (χ3n) is 7.92. The Kier molecular flexibility index (Phi) is 8.34. The van der Waals surface area contributed by atoms with Gasteiger partial charge in [-0.05, 0) is 50.0 Å². The van der Waals surface area contributed by atoms with Crippen LogP contribution in [0, 0.1) is 5.82 Å². The third kappa shape index (κ3) is 5.40. The molecule has 1 aromatic carbocycles. The van der Waals surface area contributed by atoms with E-state index in [1.165, 1.54) is 16.7 Å². The van der Waals surface area contributed by atoms with E-state index in [1.54, 1.807) is 35.4 Å². The van der Waals surface area contributed by atoms with Crippen molar-refractivity contribution in [1.82, 2.24) is 29.6 Å². The van der Waals surface area contributed by atoms with Gasteiger partial charge in [-0.2, -0.15) is 15.2 Å². The lowest BCUT2D eigenvalue weighted by atomic mass is 9.98. The highest BCUT2D eigenvalue weighted by Gasteiger charge is 2.34. The number of aromatic nitrogens is 5. The SMILES string of the molecule is C=CC(=O)N1C[C@H](C)N(c2nc(=O)n(-c3c(C(C)C)cnnc3C(C)C)c3nc(-c4ccccc4F)c(Cl)cc23)C[C@H]1C. The second-order valence-corrected chi connectivity index (χ2v) is 12.0. The maximum absolute atomic E-state index is 15.0. The van der Waals surface area contributed by atoms with Gasteiger partial charge in [-0.25, -0.2) is 18.7 Å². The smallest absolute Gasteiger partial charge is 0.349 e. The van der Waals surface area contributed by atoms with Crippen LogP contribution in [0.3, 0.4) is 0 Å². The molecule has 0 unspecified atom stereocenters. The third-order valence-corrected chi connectivity index (χ3v) is 8.21. The van der Waals surface area contributed by atoms with E-state index in [0.29, 0.717) is 35.7 Å². The lowest BCUT2D eigenvalue weighted by Crippen LogP contribution is -2.58. The Hall–Kier alpha value is -4.18. The average molecular weight is 604 g/mol. The first-order valence-corrected chi connectivity index (χ1v) is 14.8. The molecule has 0 N–H and O–H groups in total. The highest BCUT2D eigenvalue weighted by Crippen LogP contribution is 2.37. The number of carbonyl (C=O) groups excluding carboxylic acids is 1. The topological polar surface area (TPSA) is 97.1 Å². The van der Waals surface area contributed by atoms with Gasteiger partial charge in [-0.15, -0.1) is 0 Å². The molecule has 0 saturated carbocycles. The number of amides is 1. The number of rotatable bonds is 6. The van der Waals surface area contributed by atoms with E-state index in [2.05, 4.69) is 21.8 Å². The minimum Gasteiger partial charge on any atom is -0.349 e. The van der Waals surface area contributed by atoms with Gasteiger partial charge in [0.05, 0.1) is 33.7 Å². The zero-order valence-corrected chi connectivity index (χ0v) is 25.9. The van der Waals surface area contributed by atoms with Gasteiger partial charge in [0, 0.05) is 36.3 Å². The van der Waals surface area contributed by atoms with Crippen LogP contribution in [0.1, 0.15) is 64.6 Å². The van der Waals surface area contributed by atoms with Gasteiger partial charge in [-0.1, -0.05) is 58.0 Å². The monoisotopic (exact) mass is 603 g/mol. The fourth-order valence-electron chi connectivity index (χ4n) is 5.68. The van der Waals surface area contributed by atoms with Crippen molar-refractivity contribution < 1.29 is 9.18 Å². The molecule has 1 amide bonds. The Bertz CT molecular complexity index is 1760. The Balaban J connectivity index is 1.86. The number of carbonyl (C=O) groups is 1. The van der Waals surface area contributed by atoms with Crippen molar-refractivity contribution in [3.8, 4) is 16.9 Å². The van der Waals surface area contributed by atoms with Crippen LogP contribution in [0.2, 0.25) is 5.02 Å². The highest BCUT2D eigenvalue weighted by molar-refractivity contribution is 6.33. The molecular formula is C32H35ClFN7O2. The molecule has 224 valence electrons. The average Bonchev–Trinajstić information content (AvgIpc) is 2.97. The molecule has 9 nitrogen and oxygen atoms in total. The molecule has 3 aromatic heterocycles. The number of hydrogen-bond donors (Lipinski definition) is 0. The summed E-state index contributed by atoms with van der Waals surface area (Å²) in [5.41, 5.74) is 2.13. The molecular weight excluding hydrogens is 569 g/mol. The summed E-state index contributed by atoms with van der Waals surface area (Å²) in [5.74, 6) is -0.313. The second kappa shape index (κ2) is 11.8. The van der Waals surface area contributed by atoms with Crippen molar-refractivity contribution >= 4 is 34.4 Å². The quantitative estimate of drug-likeness (QED) is 0.254. The van der Waals surface area contributed by atoms with Crippen LogP contribution in [0.5, 0.6) is 0 Å². The van der Waals surface area contributed by atoms with Crippen LogP contribution >= 0.6 is 11.6 Å². The summed E-state index contributed by atoms with van der Waals surface area (Å²) in [6, 6.07) is 7.59. The first-order chi connectivity index (χ1) is 20.4. The summed E-state index contributed by atoms with van der Waals surface area (Å²) in [6.07, 6.45) is 2.97. The molecule has 5 rings (SSSR count). The minimum absolute atomic E-state index is 0.000638. The molecule has 0 spiro atoms. The number of fused-ring (bicyclic) bond motifs is 1. The van der Waals surface area contributed by atoms with E-state index in [1.807, 2.05) is 46.4 Å². The van der Waals surface area contributed by atoms with Gasteiger partial charge in [-0.3, -0.25) is 4.79 Å². The van der Waals surface area contributed by atoms with Crippen molar-refractivity contribution in [3.05, 3.63) is 81.8 Å². The normalized spacial score (nSPS) is 17.3. The maximum Gasteiger partial charge on any atom is 0.355 e. The number of benzene rings is 1. The lowest BCUT2D eigenvalue weighted by molar-refractivity contribution is -0.128. The van der Waals surface area contributed by atoms with Crippen LogP contribution in [0.15, 0.2) is 54.0 Å². The van der Waals surface area contributed by atoms with Gasteiger partial charge >= 0.3 is 5.69 Å². The molecule has 4 heterocycles. The number of pyridine rings is 1. The highest BCUT2D eigenvalue weighted by atomic mass is 35.5. The molecule has 2 atom stereocenters. The van der Waals surface area contributed by atoms with Crippen LogP contribution in [-0.4, -0.2) is 60.7 Å². The fourth-order valence-corrected chi connectivity index (χ4v) is 5.93. The van der Waals surface area contributed by atoms with Crippen LogP contribution in [0.25, 0.3) is 28.0 Å². The first-order valence-electron chi connectivity index (χ1n) is 14.4. The van der Waals surface area contributed by atoms with Gasteiger partial charge in [0.2, 0.25) is 5.91 Å². The summed E-state index contributed by atoms with van der Waals surface area (Å²) in [4.78, 5) is 40.0. The number of halogens is 2. The summed E-state index contributed by atoms with van der Waals surface area (Å²) in [6.45, 7) is 16.4. The lowest BCUT2D eigenvalue weighted by Gasteiger charge is -2.44. The molecule has 1 aliphatic heterocycles. The predicted molar refractivity (Wildman–Crippen MR) is 167 cm³/mol. The second-order valence-electron chi connectivity index (χ2n) is 11.6. The largest absolute Gasteiger partial charge is 0.355 e. The van der Waals surface area contributed by atoms with E-state index >= 15 is 4.39 Å². The van der Waals surface area contributed by atoms with Crippen molar-refractivity contribution in [3.63, 3.8) is 0 Å². The molecule has 4 aromatic rings. The number of piperazine rings is 1. The molecule has 1 saturated heterocycles. The molecule has 0 aliphatic carbocycles. The fraction of sp³-hybridized carbons (Fsp3) is 0.375. The van der Waals surface area contributed by atoms with Gasteiger partial charge in [0.15, 0.2) is 5.65 Å². The molecule has 0 radical (unpaired) electrons. The summed E-state index contributed by atoms with van der Waals surface area (Å²) in [7, 11) is 0. The summed E-state index contributed by atoms with van der Waals surface area (Å²) >= 11 is 6.82. The van der Waals surface area contributed by atoms with Crippen molar-refractivity contribution in [1.29, 1.82) is 0 Å². The van der Waals surface area contributed by atoms with E-state index in [4.69, 9.17) is 16.6 Å². The van der Waals surface area contributed by atoms with E-state index in [0.717, 1.165) is 5.56 Å². The van der Waals surface area contributed by atoms with Gasteiger partial charge in [0.25, 0.3) is 0 Å². The molecule has 0 bridgehead atoms. The molecule has 43 heavy (non-hydrogen) atoms. The predicted octanol–water partition coefficient (Wildman–Crippen LogP) is 5.89. The molecule has 1 aliphatic rings. The van der Waals surface area contributed by atoms with E-state index < -0.39 is 11.5 Å². The number of hydrogen-bond acceptors (Lipinski definition) is 7. The summed E-state index contributed by atoms with van der Waals surface area (Å²) in [5, 5.41) is 9.38. The summed E-state index contributed by atoms with van der Waals surface area (Å²) < 4.78 is 16.5. The number of anilines is 1. The van der Waals surface area contributed by atoms with Crippen molar-refractivity contribution in [2.24, 2.45) is 0 Å². The zero-order valence-electron chi connectivity index (χ0n) is 25.2. The minimum atomic E-state index is -0.557. The van der Waals surface area contributed by atoms with Gasteiger partial charge < -0.3 is 9.80 Å². The Morgan fingerprint density at radius 3 is 2.47 bits per heavy atom. The van der Waals surface area contributed by atoms with Crippen molar-refractivity contribution in [2.45, 2.75) is 65.5 Å². The zero-order chi connectivity index (χ0) is 31.2. The first kappa shape index (κ1) is 30.3.